The summed E-state index contributed by atoms with van der Waals surface area (Å²) in [6, 6.07) is 8.51. The van der Waals surface area contributed by atoms with Gasteiger partial charge in [-0.3, -0.25) is 4.79 Å². The van der Waals surface area contributed by atoms with Crippen molar-refractivity contribution < 1.29 is 14.6 Å². The van der Waals surface area contributed by atoms with Gasteiger partial charge in [0, 0.05) is 4.47 Å². The van der Waals surface area contributed by atoms with Crippen molar-refractivity contribution in [2.75, 3.05) is 6.61 Å². The average Bonchev–Trinajstić information content (AvgIpc) is 2.49. The zero-order chi connectivity index (χ0) is 17.7. The van der Waals surface area contributed by atoms with Gasteiger partial charge in [-0.2, -0.15) is 5.10 Å². The number of phenolic OH excluding ortho intramolecular Hbond substituents is 1. The van der Waals surface area contributed by atoms with E-state index in [9.17, 15) is 9.90 Å². The Morgan fingerprint density at radius 3 is 2.42 bits per heavy atom. The van der Waals surface area contributed by atoms with Gasteiger partial charge in [0.15, 0.2) is 6.61 Å². The lowest BCUT2D eigenvalue weighted by atomic mass is 10.2. The van der Waals surface area contributed by atoms with E-state index >= 15 is 0 Å². The topological polar surface area (TPSA) is 70.9 Å². The number of ether oxygens (including phenoxy) is 1. The molecule has 0 radical (unpaired) electrons. The molecule has 0 spiro atoms. The second-order valence-corrected chi connectivity index (χ2v) is 7.97. The Morgan fingerprint density at radius 1 is 1.12 bits per heavy atom. The van der Waals surface area contributed by atoms with Crippen LogP contribution in [-0.4, -0.2) is 23.8 Å². The minimum atomic E-state index is -0.397. The van der Waals surface area contributed by atoms with Gasteiger partial charge in [-0.05, 0) is 83.7 Å². The first-order valence-corrected chi connectivity index (χ1v) is 9.62. The van der Waals surface area contributed by atoms with Crippen LogP contribution >= 0.6 is 63.7 Å². The van der Waals surface area contributed by atoms with Gasteiger partial charge in [0.2, 0.25) is 0 Å². The van der Waals surface area contributed by atoms with Crippen molar-refractivity contribution in [1.82, 2.24) is 5.43 Å². The number of hydrazone groups is 1. The molecule has 0 atom stereocenters. The predicted molar refractivity (Wildman–Crippen MR) is 107 cm³/mol. The molecule has 0 heterocycles. The van der Waals surface area contributed by atoms with Gasteiger partial charge in [-0.15, -0.1) is 0 Å². The summed E-state index contributed by atoms with van der Waals surface area (Å²) in [5, 5.41) is 13.3. The Kier molecular flexibility index (Phi) is 7.27. The highest BCUT2D eigenvalue weighted by molar-refractivity contribution is 9.11. The van der Waals surface area contributed by atoms with E-state index in [0.29, 0.717) is 19.2 Å². The van der Waals surface area contributed by atoms with E-state index in [2.05, 4.69) is 74.2 Å². The first kappa shape index (κ1) is 19.4. The number of nitrogens with zero attached hydrogens (tertiary/aromatic N) is 1. The molecule has 0 saturated carbocycles. The van der Waals surface area contributed by atoms with E-state index in [4.69, 9.17) is 4.74 Å². The maximum atomic E-state index is 11.8. The van der Waals surface area contributed by atoms with Crippen LogP contribution in [0.15, 0.2) is 53.3 Å². The minimum Gasteiger partial charge on any atom is -0.507 e. The highest BCUT2D eigenvalue weighted by atomic mass is 79.9. The summed E-state index contributed by atoms with van der Waals surface area (Å²) in [5.74, 6) is 0.265. The number of hydrogen-bond acceptors (Lipinski definition) is 4. The molecule has 9 heteroatoms. The zero-order valence-corrected chi connectivity index (χ0v) is 18.2. The SMILES string of the molecule is O=C(COc1c(Br)cc(Br)cc1Br)N/N=C/c1ccc(O)c(Br)c1. The van der Waals surface area contributed by atoms with Crippen molar-refractivity contribution in [3.8, 4) is 11.5 Å². The molecular formula is C15H10Br4N2O3. The molecule has 126 valence electrons. The average molecular weight is 586 g/mol. The number of amides is 1. The summed E-state index contributed by atoms with van der Waals surface area (Å²) in [7, 11) is 0. The molecule has 1 amide bonds. The second-order valence-electron chi connectivity index (χ2n) is 4.49. The minimum absolute atomic E-state index is 0.134. The summed E-state index contributed by atoms with van der Waals surface area (Å²) in [6.45, 7) is -0.185. The molecule has 0 fully saturated rings. The number of hydrogen-bond donors (Lipinski definition) is 2. The first-order valence-electron chi connectivity index (χ1n) is 6.44. The van der Waals surface area contributed by atoms with Gasteiger partial charge in [-0.1, -0.05) is 15.9 Å². The van der Waals surface area contributed by atoms with Crippen LogP contribution in [0, 0.1) is 0 Å². The maximum absolute atomic E-state index is 11.8. The fourth-order valence-corrected chi connectivity index (χ4v) is 4.50. The molecule has 0 bridgehead atoms. The fraction of sp³-hybridized carbons (Fsp3) is 0.0667. The van der Waals surface area contributed by atoms with E-state index in [1.165, 1.54) is 12.3 Å². The quantitative estimate of drug-likeness (QED) is 0.385. The van der Waals surface area contributed by atoms with Crippen LogP contribution in [0.3, 0.4) is 0 Å². The molecular weight excluding hydrogens is 576 g/mol. The lowest BCUT2D eigenvalue weighted by molar-refractivity contribution is -0.123. The number of aromatic hydroxyl groups is 1. The van der Waals surface area contributed by atoms with Crippen LogP contribution in [0.4, 0.5) is 0 Å². The van der Waals surface area contributed by atoms with Gasteiger partial charge in [0.05, 0.1) is 19.6 Å². The largest absolute Gasteiger partial charge is 0.507 e. The van der Waals surface area contributed by atoms with Gasteiger partial charge < -0.3 is 9.84 Å². The number of rotatable bonds is 5. The van der Waals surface area contributed by atoms with Crippen LogP contribution in [0.5, 0.6) is 11.5 Å². The third-order valence-electron chi connectivity index (χ3n) is 2.69. The van der Waals surface area contributed by atoms with Crippen LogP contribution in [0.25, 0.3) is 0 Å². The number of nitrogens with one attached hydrogen (secondary N) is 1. The standard InChI is InChI=1S/C15H10Br4N2O3/c16-9-4-11(18)15(12(19)5-9)24-7-14(23)21-20-6-8-1-2-13(22)10(17)3-8/h1-6,22H,7H2,(H,21,23)/b20-6+. The lowest BCUT2D eigenvalue weighted by Crippen LogP contribution is -2.24. The number of halogens is 4. The van der Waals surface area contributed by atoms with Crippen LogP contribution in [0.1, 0.15) is 5.56 Å². The molecule has 2 rings (SSSR count). The number of carbonyl (C=O) groups excluding carboxylic acids is 1. The molecule has 24 heavy (non-hydrogen) atoms. The highest BCUT2D eigenvalue weighted by Gasteiger charge is 2.10. The Labute approximate surface area is 172 Å². The Hall–Kier alpha value is -0.900. The number of benzene rings is 2. The number of carbonyl (C=O) groups is 1. The van der Waals surface area contributed by atoms with Gasteiger partial charge in [0.25, 0.3) is 5.91 Å². The van der Waals surface area contributed by atoms with E-state index in [1.54, 1.807) is 12.1 Å². The molecule has 2 aromatic rings. The first-order chi connectivity index (χ1) is 11.4. The predicted octanol–water partition coefficient (Wildman–Crippen LogP) is 4.97. The van der Waals surface area contributed by atoms with Gasteiger partial charge in [0.1, 0.15) is 11.5 Å². The zero-order valence-electron chi connectivity index (χ0n) is 11.9. The second kappa shape index (κ2) is 8.98. The summed E-state index contributed by atoms with van der Waals surface area (Å²) >= 11 is 13.3. The maximum Gasteiger partial charge on any atom is 0.277 e. The van der Waals surface area contributed by atoms with Crippen LogP contribution in [0.2, 0.25) is 0 Å². The molecule has 5 nitrogen and oxygen atoms in total. The molecule has 0 aliphatic rings. The van der Waals surface area contributed by atoms with Gasteiger partial charge in [-0.25, -0.2) is 5.43 Å². The van der Waals surface area contributed by atoms with Gasteiger partial charge >= 0.3 is 0 Å². The van der Waals surface area contributed by atoms with E-state index in [-0.39, 0.29) is 12.4 Å². The highest BCUT2D eigenvalue weighted by Crippen LogP contribution is 2.36. The van der Waals surface area contributed by atoms with E-state index < -0.39 is 5.91 Å². The lowest BCUT2D eigenvalue weighted by Gasteiger charge is -2.09. The van der Waals surface area contributed by atoms with Crippen molar-refractivity contribution in [3.63, 3.8) is 0 Å². The van der Waals surface area contributed by atoms with Crippen molar-refractivity contribution in [1.29, 1.82) is 0 Å². The van der Waals surface area contributed by atoms with Crippen molar-refractivity contribution in [3.05, 3.63) is 53.8 Å². The van der Waals surface area contributed by atoms with E-state index in [0.717, 1.165) is 10.0 Å². The molecule has 2 aromatic carbocycles. The number of phenols is 1. The fourth-order valence-electron chi connectivity index (χ4n) is 1.62. The molecule has 0 saturated heterocycles. The monoisotopic (exact) mass is 582 g/mol. The Bertz CT molecular complexity index is 773. The smallest absolute Gasteiger partial charge is 0.277 e. The third-order valence-corrected chi connectivity index (χ3v) is 4.96. The summed E-state index contributed by atoms with van der Waals surface area (Å²) in [4.78, 5) is 11.8. The van der Waals surface area contributed by atoms with Crippen molar-refractivity contribution in [2.45, 2.75) is 0 Å². The molecule has 0 aliphatic heterocycles. The molecule has 0 aliphatic carbocycles. The molecule has 2 N–H and O–H groups in total. The molecule has 0 unspecified atom stereocenters. The van der Waals surface area contributed by atoms with Crippen LogP contribution < -0.4 is 10.2 Å². The Morgan fingerprint density at radius 2 is 1.79 bits per heavy atom. The Balaban J connectivity index is 1.90. The summed E-state index contributed by atoms with van der Waals surface area (Å²) in [6.07, 6.45) is 1.47. The van der Waals surface area contributed by atoms with E-state index in [1.807, 2.05) is 12.1 Å². The van der Waals surface area contributed by atoms with Crippen LogP contribution in [-0.2, 0) is 4.79 Å². The summed E-state index contributed by atoms with van der Waals surface area (Å²) in [5.41, 5.74) is 3.10. The van der Waals surface area contributed by atoms with Crippen molar-refractivity contribution >= 4 is 75.8 Å². The summed E-state index contributed by atoms with van der Waals surface area (Å²) < 4.78 is 8.34. The van der Waals surface area contributed by atoms with Crippen molar-refractivity contribution in [2.24, 2.45) is 5.10 Å². The molecule has 0 aromatic heterocycles. The normalized spacial score (nSPS) is 10.8. The third kappa shape index (κ3) is 5.58.